The van der Waals surface area contributed by atoms with Gasteiger partial charge in [0.05, 0.1) is 12.9 Å². The minimum absolute atomic E-state index is 0.338. The Morgan fingerprint density at radius 3 is 2.85 bits per heavy atom. The molecule has 3 nitrogen and oxygen atoms in total. The molecular weight excluding hydrogens is 270 g/mol. The number of nitrogens with two attached hydrogens (primary N) is 1. The van der Waals surface area contributed by atoms with E-state index in [1.165, 1.54) is 12.8 Å². The minimum atomic E-state index is -0.821. The molecule has 1 aliphatic rings. The topological polar surface area (TPSA) is 52.3 Å². The van der Waals surface area contributed by atoms with E-state index in [9.17, 15) is 4.21 Å². The van der Waals surface area contributed by atoms with Gasteiger partial charge in [0.1, 0.15) is 5.75 Å². The average Bonchev–Trinajstić information content (AvgIpc) is 2.47. The van der Waals surface area contributed by atoms with Crippen LogP contribution in [0, 0.1) is 5.92 Å². The highest BCUT2D eigenvalue weighted by molar-refractivity contribution is 7.84. The molecule has 0 radical (unpaired) electrons. The molecule has 0 spiro atoms. The Morgan fingerprint density at radius 2 is 2.20 bits per heavy atom. The van der Waals surface area contributed by atoms with Crippen molar-refractivity contribution in [1.29, 1.82) is 0 Å². The molecule has 0 heterocycles. The maximum absolute atomic E-state index is 12.6. The van der Waals surface area contributed by atoms with Crippen molar-refractivity contribution in [1.82, 2.24) is 0 Å². The highest BCUT2D eigenvalue weighted by atomic mass is 32.2. The number of rotatable bonds is 5. The van der Waals surface area contributed by atoms with Crippen LogP contribution in [0.4, 0.5) is 0 Å². The molecule has 1 aromatic carbocycles. The minimum Gasteiger partial charge on any atom is -0.496 e. The van der Waals surface area contributed by atoms with Crippen LogP contribution in [0.1, 0.15) is 43.7 Å². The Morgan fingerprint density at radius 1 is 1.40 bits per heavy atom. The molecular formula is C16H25NO2S. The van der Waals surface area contributed by atoms with Gasteiger partial charge in [0, 0.05) is 28.2 Å². The first kappa shape index (κ1) is 15.5. The molecule has 3 atom stereocenters. The molecule has 2 rings (SSSR count). The van der Waals surface area contributed by atoms with Gasteiger partial charge in [-0.3, -0.25) is 4.21 Å². The van der Waals surface area contributed by atoms with E-state index in [-0.39, 0.29) is 0 Å². The molecule has 4 heteroatoms. The Labute approximate surface area is 124 Å². The lowest BCUT2D eigenvalue weighted by Gasteiger charge is -2.26. The lowest BCUT2D eigenvalue weighted by atomic mass is 9.91. The second-order valence-corrected chi connectivity index (χ2v) is 7.49. The fourth-order valence-electron chi connectivity index (χ4n) is 2.96. The van der Waals surface area contributed by atoms with Crippen molar-refractivity contribution in [3.05, 3.63) is 29.3 Å². The number of hydrogen-bond acceptors (Lipinski definition) is 3. The van der Waals surface area contributed by atoms with Crippen molar-refractivity contribution in [3.8, 4) is 5.75 Å². The van der Waals surface area contributed by atoms with Crippen LogP contribution in [0.15, 0.2) is 18.2 Å². The van der Waals surface area contributed by atoms with Crippen LogP contribution < -0.4 is 10.5 Å². The molecule has 0 aliphatic heterocycles. The second-order valence-electron chi connectivity index (χ2n) is 5.77. The van der Waals surface area contributed by atoms with E-state index in [4.69, 9.17) is 10.5 Å². The quantitative estimate of drug-likeness (QED) is 0.908. The van der Waals surface area contributed by atoms with Gasteiger partial charge in [0.25, 0.3) is 0 Å². The molecule has 1 aliphatic carbocycles. The first-order valence-electron chi connectivity index (χ1n) is 7.37. The van der Waals surface area contributed by atoms with E-state index >= 15 is 0 Å². The van der Waals surface area contributed by atoms with Crippen molar-refractivity contribution in [2.75, 3.05) is 7.11 Å². The van der Waals surface area contributed by atoms with Gasteiger partial charge in [-0.1, -0.05) is 25.8 Å². The molecule has 0 bridgehead atoms. The molecule has 20 heavy (non-hydrogen) atoms. The summed E-state index contributed by atoms with van der Waals surface area (Å²) in [6, 6.07) is 5.93. The van der Waals surface area contributed by atoms with Crippen LogP contribution >= 0.6 is 0 Å². The van der Waals surface area contributed by atoms with Gasteiger partial charge < -0.3 is 10.5 Å². The SMILES string of the molecule is COc1ccc(CN)cc1CS(=O)C1CCCC(C)C1. The Balaban J connectivity index is 2.10. The Bertz CT molecular complexity index is 476. The molecule has 0 aromatic heterocycles. The van der Waals surface area contributed by atoms with E-state index in [0.29, 0.717) is 23.5 Å². The largest absolute Gasteiger partial charge is 0.496 e. The molecule has 3 unspecified atom stereocenters. The van der Waals surface area contributed by atoms with E-state index in [2.05, 4.69) is 6.92 Å². The molecule has 1 aromatic rings. The number of benzene rings is 1. The molecule has 2 N–H and O–H groups in total. The standard InChI is InChI=1S/C16H25NO2S/c1-12-4-3-5-15(8-12)20(18)11-14-9-13(10-17)6-7-16(14)19-2/h6-7,9,12,15H,3-5,8,10-11,17H2,1-2H3. The van der Waals surface area contributed by atoms with Crippen molar-refractivity contribution < 1.29 is 8.95 Å². The van der Waals surface area contributed by atoms with Crippen LogP contribution in [0.25, 0.3) is 0 Å². The third kappa shape index (κ3) is 3.83. The summed E-state index contributed by atoms with van der Waals surface area (Å²) < 4.78 is 18.0. The van der Waals surface area contributed by atoms with Gasteiger partial charge in [0.2, 0.25) is 0 Å². The first-order chi connectivity index (χ1) is 9.63. The van der Waals surface area contributed by atoms with Crippen LogP contribution in [0.5, 0.6) is 5.75 Å². The van der Waals surface area contributed by atoms with Crippen LogP contribution in [0.3, 0.4) is 0 Å². The van der Waals surface area contributed by atoms with E-state index in [1.54, 1.807) is 7.11 Å². The molecule has 1 saturated carbocycles. The Kier molecular flexibility index (Phi) is 5.61. The highest BCUT2D eigenvalue weighted by Crippen LogP contribution is 2.30. The lowest BCUT2D eigenvalue weighted by molar-refractivity contribution is 0.388. The molecule has 0 amide bonds. The van der Waals surface area contributed by atoms with Gasteiger partial charge in [-0.05, 0) is 36.5 Å². The average molecular weight is 295 g/mol. The van der Waals surface area contributed by atoms with Crippen molar-refractivity contribution in [3.63, 3.8) is 0 Å². The zero-order valence-corrected chi connectivity index (χ0v) is 13.2. The predicted molar refractivity (Wildman–Crippen MR) is 84.2 cm³/mol. The summed E-state index contributed by atoms with van der Waals surface area (Å²) >= 11 is 0. The second kappa shape index (κ2) is 7.23. The molecule has 1 fully saturated rings. The van der Waals surface area contributed by atoms with Crippen LogP contribution in [-0.2, 0) is 23.1 Å². The van der Waals surface area contributed by atoms with Gasteiger partial charge in [-0.2, -0.15) is 0 Å². The summed E-state index contributed by atoms with van der Waals surface area (Å²) in [7, 11) is 0.838. The summed E-state index contributed by atoms with van der Waals surface area (Å²) in [6.07, 6.45) is 4.67. The highest BCUT2D eigenvalue weighted by Gasteiger charge is 2.24. The van der Waals surface area contributed by atoms with Gasteiger partial charge in [-0.25, -0.2) is 0 Å². The molecule has 0 saturated heterocycles. The van der Waals surface area contributed by atoms with E-state index < -0.39 is 10.8 Å². The van der Waals surface area contributed by atoms with Gasteiger partial charge >= 0.3 is 0 Å². The van der Waals surface area contributed by atoms with Crippen molar-refractivity contribution in [2.24, 2.45) is 11.7 Å². The third-order valence-electron chi connectivity index (χ3n) is 4.14. The Hall–Kier alpha value is -0.870. The first-order valence-corrected chi connectivity index (χ1v) is 8.75. The normalized spacial score (nSPS) is 24.4. The number of hydrogen-bond donors (Lipinski definition) is 1. The lowest BCUT2D eigenvalue weighted by Crippen LogP contribution is -2.24. The van der Waals surface area contributed by atoms with E-state index in [0.717, 1.165) is 29.7 Å². The fourth-order valence-corrected chi connectivity index (χ4v) is 4.70. The van der Waals surface area contributed by atoms with Gasteiger partial charge in [0.15, 0.2) is 0 Å². The maximum Gasteiger partial charge on any atom is 0.123 e. The molecule has 112 valence electrons. The van der Waals surface area contributed by atoms with Crippen LogP contribution in [0.2, 0.25) is 0 Å². The summed E-state index contributed by atoms with van der Waals surface area (Å²) in [6.45, 7) is 2.77. The maximum atomic E-state index is 12.6. The van der Waals surface area contributed by atoms with Gasteiger partial charge in [-0.15, -0.1) is 0 Å². The zero-order valence-electron chi connectivity index (χ0n) is 12.4. The number of ether oxygens (including phenoxy) is 1. The third-order valence-corrected chi connectivity index (χ3v) is 5.91. The van der Waals surface area contributed by atoms with E-state index in [1.807, 2.05) is 18.2 Å². The zero-order chi connectivity index (χ0) is 14.5. The number of methoxy groups -OCH3 is 1. The fraction of sp³-hybridized carbons (Fsp3) is 0.625. The summed E-state index contributed by atoms with van der Waals surface area (Å²) in [4.78, 5) is 0. The smallest absolute Gasteiger partial charge is 0.123 e. The van der Waals surface area contributed by atoms with Crippen molar-refractivity contribution >= 4 is 10.8 Å². The van der Waals surface area contributed by atoms with Crippen molar-refractivity contribution in [2.45, 2.75) is 50.2 Å². The summed E-state index contributed by atoms with van der Waals surface area (Å²) in [5.41, 5.74) is 7.77. The monoisotopic (exact) mass is 295 g/mol. The predicted octanol–water partition coefficient (Wildman–Crippen LogP) is 2.98. The summed E-state index contributed by atoms with van der Waals surface area (Å²) in [5, 5.41) is 0.338. The van der Waals surface area contributed by atoms with Crippen LogP contribution in [-0.4, -0.2) is 16.6 Å². The summed E-state index contributed by atoms with van der Waals surface area (Å²) in [5.74, 6) is 2.10.